The van der Waals surface area contributed by atoms with E-state index in [1.165, 1.54) is 10.4 Å². The Morgan fingerprint density at radius 1 is 1.14 bits per heavy atom. The average Bonchev–Trinajstić information content (AvgIpc) is 3.29. The third-order valence-corrected chi connectivity index (χ3v) is 6.60. The van der Waals surface area contributed by atoms with Gasteiger partial charge in [0.25, 0.3) is 5.91 Å². The Balaban J connectivity index is 1.48. The summed E-state index contributed by atoms with van der Waals surface area (Å²) in [6.45, 7) is 0.469. The molecule has 0 aliphatic carbocycles. The minimum absolute atomic E-state index is 0.0427. The van der Waals surface area contributed by atoms with E-state index in [4.69, 9.17) is 16.1 Å². The van der Waals surface area contributed by atoms with Gasteiger partial charge in [-0.05, 0) is 36.8 Å². The van der Waals surface area contributed by atoms with E-state index in [1.807, 2.05) is 6.07 Å². The summed E-state index contributed by atoms with van der Waals surface area (Å²) in [6.07, 6.45) is 0.611. The Kier molecular flexibility index (Phi) is 4.82. The topological polar surface area (TPSA) is 92.5 Å². The average molecular weight is 418 g/mol. The first-order valence-electron chi connectivity index (χ1n) is 8.57. The largest absolute Gasteiger partial charge is 0.350 e. The van der Waals surface area contributed by atoms with Crippen LogP contribution in [0.3, 0.4) is 0 Å². The van der Waals surface area contributed by atoms with Gasteiger partial charge in [0.1, 0.15) is 5.69 Å². The SMILES string of the molecule is O=C(Nc1ccc(N2CCCS2(=O)=O)cc1)c1cc(-c2ccccc2Cl)no1. The summed E-state index contributed by atoms with van der Waals surface area (Å²) in [5, 5.41) is 7.11. The van der Waals surface area contributed by atoms with Crippen LogP contribution in [-0.2, 0) is 10.0 Å². The van der Waals surface area contributed by atoms with Gasteiger partial charge in [0.15, 0.2) is 0 Å². The first-order valence-corrected chi connectivity index (χ1v) is 10.6. The van der Waals surface area contributed by atoms with Crippen molar-refractivity contribution in [2.24, 2.45) is 0 Å². The molecule has 1 aromatic heterocycles. The smallest absolute Gasteiger partial charge is 0.294 e. The third-order valence-electron chi connectivity index (χ3n) is 4.40. The fourth-order valence-corrected chi connectivity index (χ4v) is 4.81. The zero-order chi connectivity index (χ0) is 19.7. The van der Waals surface area contributed by atoms with Crippen LogP contribution in [-0.4, -0.2) is 31.8 Å². The van der Waals surface area contributed by atoms with Crippen molar-refractivity contribution in [3.63, 3.8) is 0 Å². The van der Waals surface area contributed by atoms with Gasteiger partial charge in [0.2, 0.25) is 15.8 Å². The molecule has 1 aliphatic rings. The molecule has 0 bridgehead atoms. The quantitative estimate of drug-likeness (QED) is 0.697. The van der Waals surface area contributed by atoms with Gasteiger partial charge in [-0.1, -0.05) is 35.0 Å². The molecule has 144 valence electrons. The maximum absolute atomic E-state index is 12.4. The second-order valence-electron chi connectivity index (χ2n) is 6.30. The second kappa shape index (κ2) is 7.29. The summed E-state index contributed by atoms with van der Waals surface area (Å²) in [5.74, 6) is -0.265. The van der Waals surface area contributed by atoms with E-state index in [9.17, 15) is 13.2 Å². The van der Waals surface area contributed by atoms with Gasteiger partial charge in [-0.2, -0.15) is 0 Å². The van der Waals surface area contributed by atoms with Crippen molar-refractivity contribution >= 4 is 38.9 Å². The zero-order valence-corrected chi connectivity index (χ0v) is 16.2. The number of benzene rings is 2. The number of hydrogen-bond donors (Lipinski definition) is 1. The van der Waals surface area contributed by atoms with Crippen molar-refractivity contribution in [1.29, 1.82) is 0 Å². The zero-order valence-electron chi connectivity index (χ0n) is 14.6. The Labute approximate surface area is 167 Å². The van der Waals surface area contributed by atoms with Crippen LogP contribution in [0, 0.1) is 0 Å². The molecule has 0 spiro atoms. The predicted molar refractivity (Wildman–Crippen MR) is 107 cm³/mol. The molecule has 1 fully saturated rings. The van der Waals surface area contributed by atoms with Crippen LogP contribution in [0.15, 0.2) is 59.1 Å². The normalized spacial score (nSPS) is 15.5. The number of amides is 1. The summed E-state index contributed by atoms with van der Waals surface area (Å²) in [4.78, 5) is 12.4. The number of halogens is 1. The Bertz CT molecular complexity index is 1130. The van der Waals surface area contributed by atoms with E-state index < -0.39 is 15.9 Å². The van der Waals surface area contributed by atoms with Crippen molar-refractivity contribution in [2.75, 3.05) is 21.9 Å². The van der Waals surface area contributed by atoms with E-state index in [0.717, 1.165) is 0 Å². The molecule has 0 unspecified atom stereocenters. The van der Waals surface area contributed by atoms with Crippen LogP contribution in [0.25, 0.3) is 11.3 Å². The molecule has 7 nitrogen and oxygen atoms in total. The van der Waals surface area contributed by atoms with Crippen molar-refractivity contribution in [3.05, 3.63) is 65.4 Å². The number of hydrogen-bond acceptors (Lipinski definition) is 5. The number of nitrogens with zero attached hydrogens (tertiary/aromatic N) is 2. The molecule has 4 rings (SSSR count). The van der Waals surface area contributed by atoms with Crippen LogP contribution in [0.4, 0.5) is 11.4 Å². The first-order chi connectivity index (χ1) is 13.4. The molecule has 1 N–H and O–H groups in total. The molecular weight excluding hydrogens is 402 g/mol. The molecule has 9 heteroatoms. The molecule has 2 heterocycles. The lowest BCUT2D eigenvalue weighted by atomic mass is 10.1. The summed E-state index contributed by atoms with van der Waals surface area (Å²) < 4.78 is 30.5. The van der Waals surface area contributed by atoms with Gasteiger partial charge in [-0.3, -0.25) is 9.10 Å². The Hall–Kier alpha value is -2.84. The summed E-state index contributed by atoms with van der Waals surface area (Å²) >= 11 is 6.14. The van der Waals surface area contributed by atoms with Crippen molar-refractivity contribution in [3.8, 4) is 11.3 Å². The van der Waals surface area contributed by atoms with Gasteiger partial charge in [-0.15, -0.1) is 0 Å². The van der Waals surface area contributed by atoms with Crippen LogP contribution in [0.1, 0.15) is 17.0 Å². The van der Waals surface area contributed by atoms with E-state index >= 15 is 0 Å². The molecule has 3 aromatic rings. The van der Waals surface area contributed by atoms with E-state index in [-0.39, 0.29) is 11.5 Å². The highest BCUT2D eigenvalue weighted by Gasteiger charge is 2.28. The molecule has 1 amide bonds. The maximum Gasteiger partial charge on any atom is 0.294 e. The standard InChI is InChI=1S/C19H16ClN3O4S/c20-16-5-2-1-4-15(16)17-12-18(27-22-17)19(24)21-13-6-8-14(9-7-13)23-10-3-11-28(23,25)26/h1-2,4-9,12H,3,10-11H2,(H,21,24). The predicted octanol–water partition coefficient (Wildman–Crippen LogP) is 3.79. The number of rotatable bonds is 4. The lowest BCUT2D eigenvalue weighted by Crippen LogP contribution is -2.24. The fourth-order valence-electron chi connectivity index (χ4n) is 3.01. The number of carbonyl (C=O) groups is 1. The minimum atomic E-state index is -3.23. The van der Waals surface area contributed by atoms with E-state index in [2.05, 4.69) is 10.5 Å². The van der Waals surface area contributed by atoms with Crippen molar-refractivity contribution < 1.29 is 17.7 Å². The van der Waals surface area contributed by atoms with Gasteiger partial charge < -0.3 is 9.84 Å². The lowest BCUT2D eigenvalue weighted by molar-refractivity contribution is 0.0988. The number of aromatic nitrogens is 1. The van der Waals surface area contributed by atoms with Gasteiger partial charge in [-0.25, -0.2) is 8.42 Å². The highest BCUT2D eigenvalue weighted by Crippen LogP contribution is 2.28. The number of anilines is 2. The number of sulfonamides is 1. The summed E-state index contributed by atoms with van der Waals surface area (Å²) in [5.41, 5.74) is 2.23. The van der Waals surface area contributed by atoms with Gasteiger partial charge in [0.05, 0.1) is 16.5 Å². The highest BCUT2D eigenvalue weighted by molar-refractivity contribution is 7.93. The molecular formula is C19H16ClN3O4S. The summed E-state index contributed by atoms with van der Waals surface area (Å²) in [6, 6.07) is 15.3. The second-order valence-corrected chi connectivity index (χ2v) is 8.72. The Morgan fingerprint density at radius 3 is 2.57 bits per heavy atom. The summed E-state index contributed by atoms with van der Waals surface area (Å²) in [7, 11) is -3.23. The third kappa shape index (κ3) is 3.61. The van der Waals surface area contributed by atoms with Crippen LogP contribution in [0.5, 0.6) is 0 Å². The molecule has 1 aliphatic heterocycles. The number of carbonyl (C=O) groups excluding carboxylic acids is 1. The van der Waals surface area contributed by atoms with E-state index in [0.29, 0.717) is 40.6 Å². The monoisotopic (exact) mass is 417 g/mol. The minimum Gasteiger partial charge on any atom is -0.350 e. The van der Waals surface area contributed by atoms with E-state index in [1.54, 1.807) is 42.5 Å². The number of nitrogens with one attached hydrogen (secondary N) is 1. The van der Waals surface area contributed by atoms with Gasteiger partial charge in [0, 0.05) is 23.9 Å². The molecule has 0 radical (unpaired) electrons. The van der Waals surface area contributed by atoms with Crippen LogP contribution >= 0.6 is 11.6 Å². The van der Waals surface area contributed by atoms with Crippen LogP contribution in [0.2, 0.25) is 5.02 Å². The molecule has 1 saturated heterocycles. The first kappa shape index (κ1) is 18.5. The molecule has 0 atom stereocenters. The Morgan fingerprint density at radius 2 is 1.89 bits per heavy atom. The highest BCUT2D eigenvalue weighted by atomic mass is 35.5. The van der Waals surface area contributed by atoms with Gasteiger partial charge >= 0.3 is 0 Å². The molecule has 0 saturated carbocycles. The maximum atomic E-state index is 12.4. The van der Waals surface area contributed by atoms with Crippen molar-refractivity contribution in [2.45, 2.75) is 6.42 Å². The van der Waals surface area contributed by atoms with Crippen molar-refractivity contribution in [1.82, 2.24) is 5.16 Å². The molecule has 2 aromatic carbocycles. The lowest BCUT2D eigenvalue weighted by Gasteiger charge is -2.17. The molecule has 28 heavy (non-hydrogen) atoms. The fraction of sp³-hybridized carbons (Fsp3) is 0.158. The van der Waals surface area contributed by atoms with Crippen LogP contribution < -0.4 is 9.62 Å².